The first-order valence-corrected chi connectivity index (χ1v) is 15.8. The van der Waals surface area contributed by atoms with Crippen LogP contribution in [0.4, 0.5) is 26.3 Å². The molecule has 4 rings (SSSR count). The van der Waals surface area contributed by atoms with Crippen molar-refractivity contribution in [2.24, 2.45) is 11.8 Å². The normalized spacial score (nSPS) is 18.4. The average molecular weight is 702 g/mol. The molecular weight excluding hydrogens is 666 g/mol. The first-order valence-electron chi connectivity index (χ1n) is 13.5. The fraction of sp³-hybridized carbons (Fsp3) is 0.600. The number of hydrogen-bond acceptors (Lipinski definition) is 2. The standard InChI is InChI=1S/2C15H18BrF3O/c2*1-20-14(10-4-2-3-5-10)13-7-6-12(15(17,18)19)8-11(13)9-16/h2*6-8,10,14H,2-5,9H2,1H3/t2*14-/m10/s1. The maximum Gasteiger partial charge on any atom is 0.416 e. The highest BCUT2D eigenvalue weighted by molar-refractivity contribution is 9.08. The molecule has 2 atom stereocenters. The molecule has 224 valence electrons. The molecule has 2 aromatic rings. The molecule has 0 amide bonds. The van der Waals surface area contributed by atoms with E-state index in [1.54, 1.807) is 26.4 Å². The van der Waals surface area contributed by atoms with Gasteiger partial charge in [-0.25, -0.2) is 0 Å². The van der Waals surface area contributed by atoms with Crippen molar-refractivity contribution >= 4 is 31.9 Å². The minimum atomic E-state index is -4.30. The fourth-order valence-corrected chi connectivity index (χ4v) is 6.99. The molecule has 40 heavy (non-hydrogen) atoms. The number of ether oxygens (including phenoxy) is 2. The van der Waals surface area contributed by atoms with E-state index in [9.17, 15) is 26.3 Å². The summed E-state index contributed by atoms with van der Waals surface area (Å²) in [5.41, 5.74) is 1.89. The Balaban J connectivity index is 0.000000220. The topological polar surface area (TPSA) is 18.5 Å². The Hall–Kier alpha value is -1.10. The second-order valence-electron chi connectivity index (χ2n) is 10.5. The summed E-state index contributed by atoms with van der Waals surface area (Å²) in [6.07, 6.45) is 0.231. The number of rotatable bonds is 8. The molecule has 2 saturated carbocycles. The zero-order chi connectivity index (χ0) is 29.5. The number of alkyl halides is 8. The highest BCUT2D eigenvalue weighted by Gasteiger charge is 2.34. The predicted octanol–water partition coefficient (Wildman–Crippen LogP) is 11.0. The maximum atomic E-state index is 12.8. The van der Waals surface area contributed by atoms with E-state index in [4.69, 9.17) is 9.47 Å². The lowest BCUT2D eigenvalue weighted by Crippen LogP contribution is -2.15. The van der Waals surface area contributed by atoms with Crippen molar-refractivity contribution in [1.82, 2.24) is 0 Å². The second-order valence-corrected chi connectivity index (χ2v) is 11.6. The minimum Gasteiger partial charge on any atom is -0.376 e. The summed E-state index contributed by atoms with van der Waals surface area (Å²) in [4.78, 5) is 0. The Morgan fingerprint density at radius 3 is 1.23 bits per heavy atom. The van der Waals surface area contributed by atoms with Crippen molar-refractivity contribution in [2.45, 2.75) is 86.6 Å². The van der Waals surface area contributed by atoms with Crippen molar-refractivity contribution in [2.75, 3.05) is 14.2 Å². The Labute approximate surface area is 249 Å². The third kappa shape index (κ3) is 8.48. The molecular formula is C30H36Br2F6O2. The van der Waals surface area contributed by atoms with Crippen LogP contribution in [0.25, 0.3) is 0 Å². The monoisotopic (exact) mass is 700 g/mol. The van der Waals surface area contributed by atoms with Gasteiger partial charge in [0.2, 0.25) is 0 Å². The third-order valence-electron chi connectivity index (χ3n) is 8.01. The lowest BCUT2D eigenvalue weighted by Gasteiger charge is -2.25. The smallest absolute Gasteiger partial charge is 0.376 e. The van der Waals surface area contributed by atoms with E-state index in [0.717, 1.165) is 48.9 Å². The zero-order valence-corrected chi connectivity index (χ0v) is 25.9. The van der Waals surface area contributed by atoms with Crippen molar-refractivity contribution in [3.8, 4) is 0 Å². The summed E-state index contributed by atoms with van der Waals surface area (Å²) in [6.45, 7) is 0. The summed E-state index contributed by atoms with van der Waals surface area (Å²) in [5.74, 6) is 0.823. The largest absolute Gasteiger partial charge is 0.416 e. The van der Waals surface area contributed by atoms with Crippen LogP contribution < -0.4 is 0 Å². The van der Waals surface area contributed by atoms with Crippen molar-refractivity contribution in [3.05, 3.63) is 69.8 Å². The van der Waals surface area contributed by atoms with Gasteiger partial charge in [-0.15, -0.1) is 0 Å². The fourth-order valence-electron chi connectivity index (χ4n) is 6.02. The summed E-state index contributed by atoms with van der Waals surface area (Å²) in [7, 11) is 3.28. The van der Waals surface area contributed by atoms with E-state index in [2.05, 4.69) is 31.9 Å². The molecule has 0 aliphatic heterocycles. The van der Waals surface area contributed by atoms with Crippen LogP contribution in [0.5, 0.6) is 0 Å². The Morgan fingerprint density at radius 2 is 0.975 bits per heavy atom. The number of halogens is 8. The molecule has 0 heterocycles. The third-order valence-corrected chi connectivity index (χ3v) is 9.21. The summed E-state index contributed by atoms with van der Waals surface area (Å²) in [5, 5.41) is 0.803. The van der Waals surface area contributed by atoms with E-state index in [0.29, 0.717) is 33.6 Å². The lowest BCUT2D eigenvalue weighted by molar-refractivity contribution is -0.138. The molecule has 2 aliphatic rings. The number of methoxy groups -OCH3 is 2. The van der Waals surface area contributed by atoms with Crippen LogP contribution in [-0.4, -0.2) is 14.2 Å². The second kappa shape index (κ2) is 14.9. The SMILES string of the molecule is CO[C@@H](c1ccc(C(F)(F)F)cc1CBr)C1CCCC1.CO[C@H](c1ccc(C(F)(F)F)cc1CBr)C1CCCC1. The summed E-state index contributed by atoms with van der Waals surface area (Å²) >= 11 is 6.58. The van der Waals surface area contributed by atoms with Crippen molar-refractivity contribution in [3.63, 3.8) is 0 Å². The van der Waals surface area contributed by atoms with Crippen LogP contribution in [-0.2, 0) is 32.5 Å². The zero-order valence-electron chi connectivity index (χ0n) is 22.7. The Morgan fingerprint density at radius 1 is 0.650 bits per heavy atom. The molecule has 2 fully saturated rings. The first-order chi connectivity index (χ1) is 18.9. The van der Waals surface area contributed by atoms with E-state index in [1.165, 1.54) is 37.8 Å². The van der Waals surface area contributed by atoms with Crippen LogP contribution in [0.3, 0.4) is 0 Å². The van der Waals surface area contributed by atoms with Gasteiger partial charge in [-0.2, -0.15) is 26.3 Å². The van der Waals surface area contributed by atoms with Gasteiger partial charge in [-0.1, -0.05) is 69.7 Å². The number of benzene rings is 2. The van der Waals surface area contributed by atoms with E-state index < -0.39 is 23.5 Å². The summed E-state index contributed by atoms with van der Waals surface area (Å²) < 4.78 is 87.8. The van der Waals surface area contributed by atoms with Gasteiger partial charge in [0.05, 0.1) is 23.3 Å². The average Bonchev–Trinajstić information content (AvgIpc) is 3.64. The quantitative estimate of drug-likeness (QED) is 0.201. The van der Waals surface area contributed by atoms with Gasteiger partial charge < -0.3 is 9.47 Å². The Kier molecular flexibility index (Phi) is 12.4. The molecule has 2 nitrogen and oxygen atoms in total. The van der Waals surface area contributed by atoms with Gasteiger partial charge in [0.15, 0.2) is 0 Å². The van der Waals surface area contributed by atoms with Crippen LogP contribution in [0, 0.1) is 11.8 Å². The van der Waals surface area contributed by atoms with Crippen molar-refractivity contribution in [1.29, 1.82) is 0 Å². The molecule has 2 aliphatic carbocycles. The molecule has 0 spiro atoms. The predicted molar refractivity (Wildman–Crippen MR) is 152 cm³/mol. The van der Waals surface area contributed by atoms with Crippen molar-refractivity contribution < 1.29 is 35.8 Å². The highest BCUT2D eigenvalue weighted by Crippen LogP contribution is 2.42. The molecule has 10 heteroatoms. The molecule has 0 unspecified atom stereocenters. The molecule has 2 aromatic carbocycles. The molecule has 0 saturated heterocycles. The van der Waals surface area contributed by atoms with Gasteiger partial charge in [-0.3, -0.25) is 0 Å². The lowest BCUT2D eigenvalue weighted by atomic mass is 9.90. The van der Waals surface area contributed by atoms with Gasteiger partial charge in [0, 0.05) is 24.9 Å². The van der Waals surface area contributed by atoms with Gasteiger partial charge in [0.25, 0.3) is 0 Å². The van der Waals surface area contributed by atoms with Gasteiger partial charge in [0.1, 0.15) is 0 Å². The molecule has 0 N–H and O–H groups in total. The first kappa shape index (κ1) is 33.4. The Bertz CT molecular complexity index is 991. The molecule has 0 radical (unpaired) electrons. The minimum absolute atomic E-state index is 0.104. The molecule has 0 bridgehead atoms. The van der Waals surface area contributed by atoms with Gasteiger partial charge >= 0.3 is 12.4 Å². The van der Waals surface area contributed by atoms with E-state index >= 15 is 0 Å². The van der Waals surface area contributed by atoms with Crippen LogP contribution in [0.15, 0.2) is 36.4 Å². The van der Waals surface area contributed by atoms with Gasteiger partial charge in [-0.05, 0) is 84.0 Å². The van der Waals surface area contributed by atoms with E-state index in [1.807, 2.05) is 0 Å². The maximum absolute atomic E-state index is 12.8. The summed E-state index contributed by atoms with van der Waals surface area (Å²) in [6, 6.07) is 7.92. The van der Waals surface area contributed by atoms with Crippen LogP contribution in [0.2, 0.25) is 0 Å². The number of hydrogen-bond donors (Lipinski definition) is 0. The molecule has 0 aromatic heterocycles. The van der Waals surface area contributed by atoms with Crippen LogP contribution in [0.1, 0.15) is 97.0 Å². The van der Waals surface area contributed by atoms with Crippen LogP contribution >= 0.6 is 31.9 Å². The highest BCUT2D eigenvalue weighted by atomic mass is 79.9. The van der Waals surface area contributed by atoms with E-state index in [-0.39, 0.29) is 12.2 Å².